The first kappa shape index (κ1) is 24.0. The van der Waals surface area contributed by atoms with Gasteiger partial charge in [0.05, 0.1) is 13.1 Å². The Labute approximate surface area is 159 Å². The molecule has 1 aliphatic heterocycles. The zero-order valence-corrected chi connectivity index (χ0v) is 15.8. The second-order valence-electron chi connectivity index (χ2n) is 6.02. The number of likely N-dealkylation sites (N-methyl/N-ethyl adjacent to an activating group) is 1. The summed E-state index contributed by atoms with van der Waals surface area (Å²) >= 11 is 0. The van der Waals surface area contributed by atoms with Crippen LogP contribution in [0.15, 0.2) is 24.3 Å². The number of amides is 1. The van der Waals surface area contributed by atoms with Crippen molar-refractivity contribution in [3.05, 3.63) is 35.4 Å². The molecule has 9 heteroatoms. The Morgan fingerprint density at radius 1 is 1.24 bits per heavy atom. The molecule has 0 atom stereocenters. The van der Waals surface area contributed by atoms with Gasteiger partial charge in [-0.1, -0.05) is 12.1 Å². The lowest BCUT2D eigenvalue weighted by Gasteiger charge is -2.32. The number of nitrogens with one attached hydrogen (secondary N) is 1. The number of nitrogens with two attached hydrogens (primary N) is 1. The first-order chi connectivity index (χ1) is 10.9. The van der Waals surface area contributed by atoms with Crippen molar-refractivity contribution < 1.29 is 13.6 Å². The van der Waals surface area contributed by atoms with Crippen LogP contribution in [0.1, 0.15) is 15.9 Å². The van der Waals surface area contributed by atoms with Crippen molar-refractivity contribution in [2.75, 3.05) is 46.3 Å². The van der Waals surface area contributed by atoms with Gasteiger partial charge in [0.25, 0.3) is 11.8 Å². The number of alkyl halides is 2. The van der Waals surface area contributed by atoms with Crippen LogP contribution in [0.2, 0.25) is 0 Å². The fraction of sp³-hybridized carbons (Fsp3) is 0.562. The van der Waals surface area contributed by atoms with E-state index >= 15 is 0 Å². The van der Waals surface area contributed by atoms with E-state index in [1.807, 2.05) is 6.07 Å². The zero-order valence-electron chi connectivity index (χ0n) is 14.2. The molecule has 1 aliphatic rings. The molecule has 144 valence electrons. The molecule has 25 heavy (non-hydrogen) atoms. The molecule has 1 fully saturated rings. The lowest BCUT2D eigenvalue weighted by atomic mass is 10.1. The van der Waals surface area contributed by atoms with E-state index < -0.39 is 24.9 Å². The van der Waals surface area contributed by atoms with Crippen molar-refractivity contribution >= 4 is 30.7 Å². The molecule has 0 aromatic heterocycles. The van der Waals surface area contributed by atoms with E-state index in [0.29, 0.717) is 5.56 Å². The van der Waals surface area contributed by atoms with E-state index in [1.54, 1.807) is 18.2 Å². The van der Waals surface area contributed by atoms with Gasteiger partial charge in [-0.2, -0.15) is 0 Å². The molecule has 0 radical (unpaired) electrons. The minimum absolute atomic E-state index is 0. The first-order valence-corrected chi connectivity index (χ1v) is 7.75. The van der Waals surface area contributed by atoms with Gasteiger partial charge in [0.15, 0.2) is 0 Å². The number of nitrogens with zero attached hydrogens (tertiary/aromatic N) is 2. The maximum Gasteiger partial charge on any atom is 0.277 e. The molecule has 5 nitrogen and oxygen atoms in total. The molecule has 3 N–H and O–H groups in total. The highest BCUT2D eigenvalue weighted by atomic mass is 35.5. The third kappa shape index (κ3) is 7.83. The van der Waals surface area contributed by atoms with E-state index in [-0.39, 0.29) is 24.8 Å². The molecule has 1 aromatic carbocycles. The summed E-state index contributed by atoms with van der Waals surface area (Å²) in [6.07, 6.45) is 0. The molecule has 0 unspecified atom stereocenters. The largest absolute Gasteiger partial charge is 0.346 e. The molecule has 0 saturated carbocycles. The minimum Gasteiger partial charge on any atom is -0.346 e. The molecule has 2 rings (SSSR count). The van der Waals surface area contributed by atoms with Crippen molar-refractivity contribution in [1.29, 1.82) is 0 Å². The Hall–Kier alpha value is -0.990. The van der Waals surface area contributed by atoms with Gasteiger partial charge >= 0.3 is 0 Å². The average Bonchev–Trinajstić information content (AvgIpc) is 2.55. The monoisotopic (exact) mass is 398 g/mol. The Morgan fingerprint density at radius 3 is 2.48 bits per heavy atom. The predicted octanol–water partition coefficient (Wildman–Crippen LogP) is 1.60. The Bertz CT molecular complexity index is 541. The summed E-state index contributed by atoms with van der Waals surface area (Å²) in [6.45, 7) is 3.24. The van der Waals surface area contributed by atoms with Gasteiger partial charge in [0.1, 0.15) is 0 Å². The molecule has 1 aromatic rings. The van der Waals surface area contributed by atoms with Crippen LogP contribution in [0.5, 0.6) is 0 Å². The van der Waals surface area contributed by atoms with Crippen LogP contribution in [-0.2, 0) is 6.54 Å². The third-order valence-corrected chi connectivity index (χ3v) is 4.00. The van der Waals surface area contributed by atoms with Crippen LogP contribution < -0.4 is 11.1 Å². The van der Waals surface area contributed by atoms with E-state index in [1.165, 1.54) is 0 Å². The van der Waals surface area contributed by atoms with Crippen LogP contribution in [-0.4, -0.2) is 67.9 Å². The van der Waals surface area contributed by atoms with Gasteiger partial charge in [-0.15, -0.1) is 24.8 Å². The summed E-state index contributed by atoms with van der Waals surface area (Å²) in [5.41, 5.74) is 6.36. The standard InChI is InChI=1S/C16H24F2N4O.2ClH/c1-21-5-7-22(8-6-21)10-13-3-2-4-14(9-13)15(23)20-12-16(17,18)11-19;;/h2-4,9H,5-8,10-12,19H2,1H3,(H,20,23);2*1H. The number of hydrogen-bond donors (Lipinski definition) is 2. The van der Waals surface area contributed by atoms with Crippen LogP contribution in [0, 0.1) is 0 Å². The van der Waals surface area contributed by atoms with E-state index in [9.17, 15) is 13.6 Å². The normalized spacial score (nSPS) is 15.8. The number of rotatable bonds is 6. The van der Waals surface area contributed by atoms with E-state index in [4.69, 9.17) is 5.73 Å². The van der Waals surface area contributed by atoms with Crippen molar-refractivity contribution in [3.63, 3.8) is 0 Å². The van der Waals surface area contributed by atoms with Crippen LogP contribution in [0.4, 0.5) is 8.78 Å². The van der Waals surface area contributed by atoms with Crippen molar-refractivity contribution in [3.8, 4) is 0 Å². The van der Waals surface area contributed by atoms with Gasteiger partial charge in [0, 0.05) is 38.3 Å². The molecule has 0 bridgehead atoms. The molecule has 0 spiro atoms. The lowest BCUT2D eigenvalue weighted by molar-refractivity contribution is 0.0118. The Morgan fingerprint density at radius 2 is 1.88 bits per heavy atom. The SMILES string of the molecule is CN1CCN(Cc2cccc(C(=O)NCC(F)(F)CN)c2)CC1.Cl.Cl. The highest BCUT2D eigenvalue weighted by Gasteiger charge is 2.27. The maximum absolute atomic E-state index is 13.1. The maximum atomic E-state index is 13.1. The number of hydrogen-bond acceptors (Lipinski definition) is 4. The summed E-state index contributed by atoms with van der Waals surface area (Å²) in [4.78, 5) is 16.6. The van der Waals surface area contributed by atoms with Crippen LogP contribution >= 0.6 is 24.8 Å². The van der Waals surface area contributed by atoms with Gasteiger partial charge < -0.3 is 16.0 Å². The fourth-order valence-corrected chi connectivity index (χ4v) is 2.46. The molecule has 1 amide bonds. The zero-order chi connectivity index (χ0) is 16.9. The molecule has 1 heterocycles. The number of halogens is 4. The van der Waals surface area contributed by atoms with Crippen LogP contribution in [0.3, 0.4) is 0 Å². The second-order valence-corrected chi connectivity index (χ2v) is 6.02. The summed E-state index contributed by atoms with van der Waals surface area (Å²) in [5.74, 6) is -3.58. The number of piperazine rings is 1. The number of carbonyl (C=O) groups is 1. The molecular formula is C16H26Cl2F2N4O. The average molecular weight is 399 g/mol. The Balaban J connectivity index is 0.00000288. The molecular weight excluding hydrogens is 373 g/mol. The van der Waals surface area contributed by atoms with Crippen molar-refractivity contribution in [1.82, 2.24) is 15.1 Å². The minimum atomic E-state index is -3.08. The van der Waals surface area contributed by atoms with E-state index in [2.05, 4.69) is 22.2 Å². The summed E-state index contributed by atoms with van der Waals surface area (Å²) in [6, 6.07) is 7.11. The molecule has 0 aliphatic carbocycles. The lowest BCUT2D eigenvalue weighted by Crippen LogP contribution is -2.44. The second kappa shape index (κ2) is 10.9. The summed E-state index contributed by atoms with van der Waals surface area (Å²) in [5, 5.41) is 2.24. The topological polar surface area (TPSA) is 61.6 Å². The third-order valence-electron chi connectivity index (χ3n) is 4.00. The summed E-state index contributed by atoms with van der Waals surface area (Å²) < 4.78 is 26.2. The fourth-order valence-electron chi connectivity index (χ4n) is 2.46. The molecule has 1 saturated heterocycles. The highest BCUT2D eigenvalue weighted by molar-refractivity contribution is 5.94. The number of benzene rings is 1. The van der Waals surface area contributed by atoms with Crippen molar-refractivity contribution in [2.24, 2.45) is 5.73 Å². The summed E-state index contributed by atoms with van der Waals surface area (Å²) in [7, 11) is 2.10. The quantitative estimate of drug-likeness (QED) is 0.763. The highest BCUT2D eigenvalue weighted by Crippen LogP contribution is 2.12. The van der Waals surface area contributed by atoms with Gasteiger partial charge in [-0.05, 0) is 24.7 Å². The van der Waals surface area contributed by atoms with Gasteiger partial charge in [-0.25, -0.2) is 8.78 Å². The van der Waals surface area contributed by atoms with Gasteiger partial charge in [0.2, 0.25) is 0 Å². The van der Waals surface area contributed by atoms with E-state index in [0.717, 1.165) is 38.3 Å². The number of carbonyl (C=O) groups excluding carboxylic acids is 1. The Kier molecular flexibility index (Phi) is 10.4. The smallest absolute Gasteiger partial charge is 0.277 e. The predicted molar refractivity (Wildman–Crippen MR) is 100 cm³/mol. The van der Waals surface area contributed by atoms with Crippen molar-refractivity contribution in [2.45, 2.75) is 12.5 Å². The first-order valence-electron chi connectivity index (χ1n) is 7.75. The van der Waals surface area contributed by atoms with Gasteiger partial charge in [-0.3, -0.25) is 9.69 Å². The van der Waals surface area contributed by atoms with Crippen LogP contribution in [0.25, 0.3) is 0 Å².